The second-order valence-electron chi connectivity index (χ2n) is 6.12. The van der Waals surface area contributed by atoms with E-state index in [2.05, 4.69) is 5.10 Å². The Morgan fingerprint density at radius 2 is 2.08 bits per heavy atom. The van der Waals surface area contributed by atoms with Crippen molar-refractivity contribution in [3.8, 4) is 0 Å². The van der Waals surface area contributed by atoms with E-state index < -0.39 is 6.43 Å². The molecule has 1 aliphatic heterocycles. The van der Waals surface area contributed by atoms with Crippen LogP contribution in [0.3, 0.4) is 0 Å². The first-order valence-electron chi connectivity index (χ1n) is 7.80. The quantitative estimate of drug-likeness (QED) is 0.840. The lowest BCUT2D eigenvalue weighted by molar-refractivity contribution is 0.0776. The fraction of sp³-hybridized carbons (Fsp3) is 0.412. The van der Waals surface area contributed by atoms with E-state index in [-0.39, 0.29) is 17.3 Å². The van der Waals surface area contributed by atoms with Gasteiger partial charge in [-0.05, 0) is 42.5 Å². The van der Waals surface area contributed by atoms with E-state index in [4.69, 9.17) is 11.6 Å². The summed E-state index contributed by atoms with van der Waals surface area (Å²) in [5, 5.41) is 4.41. The van der Waals surface area contributed by atoms with Gasteiger partial charge in [-0.3, -0.25) is 9.48 Å². The molecule has 4 nitrogen and oxygen atoms in total. The molecule has 1 aromatic heterocycles. The van der Waals surface area contributed by atoms with Crippen molar-refractivity contribution in [2.45, 2.75) is 19.3 Å². The number of hydrogen-bond donors (Lipinski definition) is 0. The van der Waals surface area contributed by atoms with Gasteiger partial charge in [-0.15, -0.1) is 0 Å². The molecule has 0 bridgehead atoms. The Balaban J connectivity index is 1.64. The minimum Gasteiger partial charge on any atom is -0.337 e. The smallest absolute Gasteiger partial charge is 0.282 e. The standard InChI is InChI=1S/C17H18ClF2N3O/c1-22-15(9-14(21-22)16(19)20)17(24)23-7-6-12(10-23)8-11-2-4-13(18)5-3-11/h2-5,9,12,16H,6-8,10H2,1H3. The van der Waals surface area contributed by atoms with Crippen LogP contribution in [0.4, 0.5) is 8.78 Å². The highest BCUT2D eigenvalue weighted by atomic mass is 35.5. The van der Waals surface area contributed by atoms with Crippen LogP contribution >= 0.6 is 11.6 Å². The molecule has 0 N–H and O–H groups in total. The van der Waals surface area contributed by atoms with Gasteiger partial charge in [0.25, 0.3) is 12.3 Å². The monoisotopic (exact) mass is 353 g/mol. The average Bonchev–Trinajstić information content (AvgIpc) is 3.16. The molecule has 1 unspecified atom stereocenters. The van der Waals surface area contributed by atoms with Crippen molar-refractivity contribution < 1.29 is 13.6 Å². The largest absolute Gasteiger partial charge is 0.337 e. The SMILES string of the molecule is Cn1nc(C(F)F)cc1C(=O)N1CCC(Cc2ccc(Cl)cc2)C1. The van der Waals surface area contributed by atoms with Crippen molar-refractivity contribution in [1.29, 1.82) is 0 Å². The number of aromatic nitrogens is 2. The van der Waals surface area contributed by atoms with Crippen LogP contribution in [0, 0.1) is 5.92 Å². The van der Waals surface area contributed by atoms with Gasteiger partial charge in [-0.2, -0.15) is 5.10 Å². The zero-order valence-corrected chi connectivity index (χ0v) is 14.0. The average molecular weight is 354 g/mol. The van der Waals surface area contributed by atoms with Crippen LogP contribution in [-0.4, -0.2) is 33.7 Å². The molecule has 2 aromatic rings. The Labute approximate surface area is 144 Å². The number of nitrogens with zero attached hydrogens (tertiary/aromatic N) is 3. The Morgan fingerprint density at radius 1 is 1.38 bits per heavy atom. The zero-order valence-electron chi connectivity index (χ0n) is 13.3. The van der Waals surface area contributed by atoms with Crippen LogP contribution in [0.15, 0.2) is 30.3 Å². The minimum atomic E-state index is -2.67. The molecule has 1 aliphatic rings. The van der Waals surface area contributed by atoms with E-state index in [1.807, 2.05) is 24.3 Å². The zero-order chi connectivity index (χ0) is 17.3. The van der Waals surface area contributed by atoms with Crippen molar-refractivity contribution >= 4 is 17.5 Å². The molecule has 1 atom stereocenters. The first-order valence-corrected chi connectivity index (χ1v) is 8.17. The molecular weight excluding hydrogens is 336 g/mol. The van der Waals surface area contributed by atoms with Crippen LogP contribution in [-0.2, 0) is 13.5 Å². The highest BCUT2D eigenvalue weighted by Gasteiger charge is 2.29. The third-order valence-corrected chi connectivity index (χ3v) is 4.60. The van der Waals surface area contributed by atoms with Crippen molar-refractivity contribution in [3.05, 3.63) is 52.3 Å². The number of likely N-dealkylation sites (tertiary alicyclic amines) is 1. The summed E-state index contributed by atoms with van der Waals surface area (Å²) in [5.74, 6) is 0.119. The van der Waals surface area contributed by atoms with Gasteiger partial charge in [0.2, 0.25) is 0 Å². The third kappa shape index (κ3) is 3.59. The molecule has 2 heterocycles. The first kappa shape index (κ1) is 16.9. The Morgan fingerprint density at radius 3 is 2.71 bits per heavy atom. The van der Waals surface area contributed by atoms with E-state index in [1.165, 1.54) is 23.4 Å². The Hall–Kier alpha value is -1.95. The number of halogens is 3. The van der Waals surface area contributed by atoms with E-state index in [0.717, 1.165) is 12.8 Å². The lowest BCUT2D eigenvalue weighted by atomic mass is 9.99. The molecule has 0 aliphatic carbocycles. The molecule has 128 valence electrons. The summed E-state index contributed by atoms with van der Waals surface area (Å²) in [6, 6.07) is 8.87. The maximum atomic E-state index is 12.7. The van der Waals surface area contributed by atoms with E-state index in [9.17, 15) is 13.6 Å². The normalized spacial score (nSPS) is 17.7. The molecule has 0 spiro atoms. The second-order valence-corrected chi connectivity index (χ2v) is 6.55. The maximum Gasteiger partial charge on any atom is 0.282 e. The van der Waals surface area contributed by atoms with Gasteiger partial charge in [-0.25, -0.2) is 8.78 Å². The number of carbonyl (C=O) groups is 1. The van der Waals surface area contributed by atoms with Gasteiger partial charge in [-0.1, -0.05) is 23.7 Å². The van der Waals surface area contributed by atoms with Crippen molar-refractivity contribution in [3.63, 3.8) is 0 Å². The lowest BCUT2D eigenvalue weighted by Crippen LogP contribution is -2.30. The molecule has 3 rings (SSSR count). The Kier molecular flexibility index (Phi) is 4.85. The van der Waals surface area contributed by atoms with Crippen molar-refractivity contribution in [2.24, 2.45) is 13.0 Å². The predicted molar refractivity (Wildman–Crippen MR) is 87.3 cm³/mol. The molecule has 1 fully saturated rings. The predicted octanol–water partition coefficient (Wildman–Crippen LogP) is 3.72. The topological polar surface area (TPSA) is 38.1 Å². The van der Waals surface area contributed by atoms with Crippen LogP contribution in [0.25, 0.3) is 0 Å². The summed E-state index contributed by atoms with van der Waals surface area (Å²) >= 11 is 5.89. The summed E-state index contributed by atoms with van der Waals surface area (Å²) in [4.78, 5) is 14.3. The number of hydrogen-bond acceptors (Lipinski definition) is 2. The highest BCUT2D eigenvalue weighted by molar-refractivity contribution is 6.30. The second kappa shape index (κ2) is 6.89. The van der Waals surface area contributed by atoms with Gasteiger partial charge in [0.05, 0.1) is 0 Å². The van der Waals surface area contributed by atoms with Gasteiger partial charge in [0, 0.05) is 25.2 Å². The van der Waals surface area contributed by atoms with E-state index in [0.29, 0.717) is 24.0 Å². The molecule has 0 radical (unpaired) electrons. The van der Waals surface area contributed by atoms with Gasteiger partial charge in [0.15, 0.2) is 0 Å². The minimum absolute atomic E-state index is 0.206. The number of alkyl halides is 2. The van der Waals surface area contributed by atoms with Gasteiger partial charge < -0.3 is 4.90 Å². The summed E-state index contributed by atoms with van der Waals surface area (Å²) in [5.41, 5.74) is 1.02. The van der Waals surface area contributed by atoms with Crippen LogP contribution < -0.4 is 0 Å². The molecule has 1 aromatic carbocycles. The first-order chi connectivity index (χ1) is 11.4. The number of rotatable bonds is 4. The molecular formula is C17H18ClF2N3O. The van der Waals surface area contributed by atoms with Crippen molar-refractivity contribution in [1.82, 2.24) is 14.7 Å². The fourth-order valence-electron chi connectivity index (χ4n) is 3.10. The van der Waals surface area contributed by atoms with Crippen LogP contribution in [0.2, 0.25) is 5.02 Å². The summed E-state index contributed by atoms with van der Waals surface area (Å²) in [6.07, 6.45) is -0.906. The molecule has 1 saturated heterocycles. The van der Waals surface area contributed by atoms with Crippen LogP contribution in [0.1, 0.15) is 34.6 Å². The van der Waals surface area contributed by atoms with Crippen LogP contribution in [0.5, 0.6) is 0 Å². The molecule has 1 amide bonds. The number of carbonyl (C=O) groups excluding carboxylic acids is 1. The summed E-state index contributed by atoms with van der Waals surface area (Å²) in [7, 11) is 1.51. The summed E-state index contributed by atoms with van der Waals surface area (Å²) in [6.45, 7) is 1.25. The van der Waals surface area contributed by atoms with Gasteiger partial charge in [0.1, 0.15) is 11.4 Å². The third-order valence-electron chi connectivity index (χ3n) is 4.35. The summed E-state index contributed by atoms with van der Waals surface area (Å²) < 4.78 is 26.7. The van der Waals surface area contributed by atoms with E-state index >= 15 is 0 Å². The molecule has 24 heavy (non-hydrogen) atoms. The highest BCUT2D eigenvalue weighted by Crippen LogP contribution is 2.24. The number of benzene rings is 1. The molecule has 0 saturated carbocycles. The lowest BCUT2D eigenvalue weighted by Gasteiger charge is -2.16. The fourth-order valence-corrected chi connectivity index (χ4v) is 3.22. The van der Waals surface area contributed by atoms with Crippen molar-refractivity contribution in [2.75, 3.05) is 13.1 Å². The maximum absolute atomic E-state index is 12.7. The molecule has 7 heteroatoms. The number of amides is 1. The van der Waals surface area contributed by atoms with Gasteiger partial charge >= 0.3 is 0 Å². The van der Waals surface area contributed by atoms with E-state index in [1.54, 1.807) is 4.90 Å². The Bertz CT molecular complexity index is 730. The number of aryl methyl sites for hydroxylation is 1.